The second-order valence-corrected chi connectivity index (χ2v) is 7.08. The molecular formula is C23H14ClFN2O5. The van der Waals surface area contributed by atoms with Gasteiger partial charge in [0.15, 0.2) is 5.70 Å². The summed E-state index contributed by atoms with van der Waals surface area (Å²) in [6.45, 7) is 0.00419. The van der Waals surface area contributed by atoms with Gasteiger partial charge in [0.25, 0.3) is 5.69 Å². The van der Waals surface area contributed by atoms with Crippen molar-refractivity contribution in [2.24, 2.45) is 4.99 Å². The number of carbonyl (C=O) groups excluding carboxylic acids is 1. The van der Waals surface area contributed by atoms with Crippen molar-refractivity contribution in [1.82, 2.24) is 0 Å². The highest BCUT2D eigenvalue weighted by Gasteiger charge is 2.27. The van der Waals surface area contributed by atoms with Gasteiger partial charge in [-0.25, -0.2) is 14.2 Å². The SMILES string of the molecule is O=C1OC(c2ccc([N+](=O)[O-])cc2Cl)=NC1=Cc1ccccc1OCc1ccccc1F. The minimum atomic E-state index is -0.710. The van der Waals surface area contributed by atoms with Gasteiger partial charge < -0.3 is 9.47 Å². The number of halogens is 2. The first-order valence-corrected chi connectivity index (χ1v) is 9.72. The van der Waals surface area contributed by atoms with Crippen LogP contribution in [0.5, 0.6) is 5.75 Å². The molecule has 32 heavy (non-hydrogen) atoms. The van der Waals surface area contributed by atoms with Gasteiger partial charge in [-0.15, -0.1) is 0 Å². The minimum Gasteiger partial charge on any atom is -0.488 e. The summed E-state index contributed by atoms with van der Waals surface area (Å²) in [6, 6.07) is 16.9. The van der Waals surface area contributed by atoms with Crippen LogP contribution in [0.1, 0.15) is 16.7 Å². The Bertz CT molecular complexity index is 1290. The van der Waals surface area contributed by atoms with E-state index in [0.717, 1.165) is 6.07 Å². The lowest BCUT2D eigenvalue weighted by molar-refractivity contribution is -0.384. The maximum Gasteiger partial charge on any atom is 0.363 e. The van der Waals surface area contributed by atoms with Crippen LogP contribution < -0.4 is 4.74 Å². The van der Waals surface area contributed by atoms with E-state index in [4.69, 9.17) is 21.1 Å². The molecule has 0 saturated carbocycles. The largest absolute Gasteiger partial charge is 0.488 e. The number of nitro benzene ring substituents is 1. The summed E-state index contributed by atoms with van der Waals surface area (Å²) in [5.74, 6) is -0.728. The molecule has 3 aromatic rings. The third kappa shape index (κ3) is 4.50. The summed E-state index contributed by atoms with van der Waals surface area (Å²) in [5, 5.41) is 10.9. The Balaban J connectivity index is 1.60. The Labute approximate surface area is 186 Å². The molecule has 0 fully saturated rings. The average Bonchev–Trinajstić information content (AvgIpc) is 3.13. The molecular weight excluding hydrogens is 439 g/mol. The van der Waals surface area contributed by atoms with Crippen LogP contribution >= 0.6 is 11.6 Å². The first-order valence-electron chi connectivity index (χ1n) is 9.34. The second-order valence-electron chi connectivity index (χ2n) is 6.68. The average molecular weight is 453 g/mol. The molecule has 0 aromatic heterocycles. The quantitative estimate of drug-likeness (QED) is 0.219. The molecule has 9 heteroatoms. The number of rotatable bonds is 6. The van der Waals surface area contributed by atoms with Gasteiger partial charge in [0.1, 0.15) is 18.2 Å². The number of nitro groups is 1. The summed E-state index contributed by atoms with van der Waals surface area (Å²) in [7, 11) is 0. The molecule has 160 valence electrons. The molecule has 0 unspecified atom stereocenters. The molecule has 0 aliphatic carbocycles. The number of nitrogens with zero attached hydrogens (tertiary/aromatic N) is 2. The number of hydrogen-bond acceptors (Lipinski definition) is 6. The van der Waals surface area contributed by atoms with E-state index in [2.05, 4.69) is 4.99 Å². The van der Waals surface area contributed by atoms with Gasteiger partial charge in [-0.3, -0.25) is 10.1 Å². The van der Waals surface area contributed by atoms with E-state index >= 15 is 0 Å². The Morgan fingerprint density at radius 1 is 1.12 bits per heavy atom. The normalized spacial score (nSPS) is 14.2. The monoisotopic (exact) mass is 452 g/mol. The topological polar surface area (TPSA) is 91.0 Å². The van der Waals surface area contributed by atoms with Gasteiger partial charge in [-0.05, 0) is 24.3 Å². The third-order valence-corrected chi connectivity index (χ3v) is 4.88. The molecule has 0 bridgehead atoms. The number of hydrogen-bond donors (Lipinski definition) is 0. The Morgan fingerprint density at radius 3 is 2.62 bits per heavy atom. The van der Waals surface area contributed by atoms with Crippen molar-refractivity contribution in [2.45, 2.75) is 6.61 Å². The van der Waals surface area contributed by atoms with E-state index in [-0.39, 0.29) is 40.3 Å². The third-order valence-electron chi connectivity index (χ3n) is 4.57. The summed E-state index contributed by atoms with van der Waals surface area (Å²) in [4.78, 5) is 26.8. The van der Waals surface area contributed by atoms with Crippen molar-refractivity contribution in [3.05, 3.63) is 110 Å². The molecule has 0 N–H and O–H groups in total. The van der Waals surface area contributed by atoms with E-state index in [1.165, 1.54) is 24.3 Å². The summed E-state index contributed by atoms with van der Waals surface area (Å²) >= 11 is 6.10. The van der Waals surface area contributed by atoms with Gasteiger partial charge in [-0.2, -0.15) is 0 Å². The van der Waals surface area contributed by atoms with E-state index in [0.29, 0.717) is 16.9 Å². The van der Waals surface area contributed by atoms with Crippen LogP contribution in [0.25, 0.3) is 6.08 Å². The number of carbonyl (C=O) groups is 1. The van der Waals surface area contributed by atoms with Crippen LogP contribution in [0.4, 0.5) is 10.1 Å². The van der Waals surface area contributed by atoms with Crippen LogP contribution in [0.15, 0.2) is 77.4 Å². The number of esters is 1. The Morgan fingerprint density at radius 2 is 1.88 bits per heavy atom. The van der Waals surface area contributed by atoms with Crippen molar-refractivity contribution in [3.8, 4) is 5.75 Å². The maximum absolute atomic E-state index is 13.9. The standard InChI is InChI=1S/C23H14ClFN2O5/c24-18-12-16(27(29)30)9-10-17(18)22-26-20(23(28)32-22)11-14-5-2-4-8-21(14)31-13-15-6-1-3-7-19(15)25/h1-12H,13H2. The number of para-hydroxylation sites is 1. The lowest BCUT2D eigenvalue weighted by Crippen LogP contribution is -2.06. The highest BCUT2D eigenvalue weighted by Crippen LogP contribution is 2.29. The molecule has 0 saturated heterocycles. The van der Waals surface area contributed by atoms with Gasteiger partial charge in [0, 0.05) is 23.3 Å². The highest BCUT2D eigenvalue weighted by atomic mass is 35.5. The molecule has 1 aliphatic rings. The van der Waals surface area contributed by atoms with E-state index < -0.39 is 10.9 Å². The van der Waals surface area contributed by atoms with E-state index in [1.54, 1.807) is 42.5 Å². The van der Waals surface area contributed by atoms with Crippen molar-refractivity contribution in [1.29, 1.82) is 0 Å². The molecule has 7 nitrogen and oxygen atoms in total. The number of cyclic esters (lactones) is 1. The predicted molar refractivity (Wildman–Crippen MR) is 116 cm³/mol. The van der Waals surface area contributed by atoms with E-state index in [1.807, 2.05) is 0 Å². The predicted octanol–water partition coefficient (Wildman–Crippen LogP) is 5.31. The van der Waals surface area contributed by atoms with Crippen molar-refractivity contribution in [3.63, 3.8) is 0 Å². The fourth-order valence-corrected chi connectivity index (χ4v) is 3.22. The minimum absolute atomic E-state index is 0.00337. The summed E-state index contributed by atoms with van der Waals surface area (Å²) < 4.78 is 24.8. The maximum atomic E-state index is 13.9. The van der Waals surface area contributed by atoms with Crippen LogP contribution in [0.3, 0.4) is 0 Å². The molecule has 0 radical (unpaired) electrons. The fourth-order valence-electron chi connectivity index (χ4n) is 2.96. The van der Waals surface area contributed by atoms with Gasteiger partial charge in [0.05, 0.1) is 15.5 Å². The van der Waals surface area contributed by atoms with Crippen molar-refractivity contribution < 1.29 is 23.6 Å². The first kappa shape index (κ1) is 21.2. The zero-order chi connectivity index (χ0) is 22.7. The van der Waals surface area contributed by atoms with Gasteiger partial charge in [0.2, 0.25) is 5.90 Å². The smallest absolute Gasteiger partial charge is 0.363 e. The first-order chi connectivity index (χ1) is 15.4. The number of ether oxygens (including phenoxy) is 2. The molecule has 0 amide bonds. The van der Waals surface area contributed by atoms with Crippen LogP contribution in [-0.2, 0) is 16.1 Å². The zero-order valence-corrected chi connectivity index (χ0v) is 17.1. The van der Waals surface area contributed by atoms with Gasteiger partial charge >= 0.3 is 5.97 Å². The van der Waals surface area contributed by atoms with Gasteiger partial charge in [-0.1, -0.05) is 48.0 Å². The molecule has 3 aromatic carbocycles. The molecule has 0 atom stereocenters. The van der Waals surface area contributed by atoms with E-state index in [9.17, 15) is 19.3 Å². The van der Waals surface area contributed by atoms with Crippen molar-refractivity contribution in [2.75, 3.05) is 0 Å². The lowest BCUT2D eigenvalue weighted by Gasteiger charge is -2.10. The van der Waals surface area contributed by atoms with Crippen molar-refractivity contribution >= 4 is 35.2 Å². The van der Waals surface area contributed by atoms with Crippen LogP contribution in [0.2, 0.25) is 5.02 Å². The van der Waals surface area contributed by atoms with Crippen LogP contribution in [-0.4, -0.2) is 16.8 Å². The second kappa shape index (κ2) is 8.99. The zero-order valence-electron chi connectivity index (χ0n) is 16.3. The molecule has 4 rings (SSSR count). The highest BCUT2D eigenvalue weighted by molar-refractivity contribution is 6.34. The fraction of sp³-hybridized carbons (Fsp3) is 0.0435. The molecule has 0 spiro atoms. The van der Waals surface area contributed by atoms with Crippen LogP contribution in [0, 0.1) is 15.9 Å². The Kier molecular flexibility index (Phi) is 5.96. The summed E-state index contributed by atoms with van der Waals surface area (Å²) in [5.41, 5.74) is 0.980. The Hall–Kier alpha value is -4.04. The molecule has 1 aliphatic heterocycles. The lowest BCUT2D eigenvalue weighted by atomic mass is 10.1. The number of aliphatic imine (C=N–C) groups is 1. The number of benzene rings is 3. The number of non-ortho nitro benzene ring substituents is 1. The molecule has 1 heterocycles. The summed E-state index contributed by atoms with van der Waals surface area (Å²) in [6.07, 6.45) is 1.48.